The molecule has 0 saturated carbocycles. The van der Waals surface area contributed by atoms with Crippen LogP contribution in [0.25, 0.3) is 0 Å². The van der Waals surface area contributed by atoms with Crippen molar-refractivity contribution in [2.45, 2.75) is 6.42 Å². The summed E-state index contributed by atoms with van der Waals surface area (Å²) in [6.45, 7) is 0.604. The molecule has 0 aliphatic carbocycles. The van der Waals surface area contributed by atoms with Crippen LogP contribution in [0.4, 0.5) is 0 Å². The Balaban J connectivity index is 2.36. The molecule has 13 heavy (non-hydrogen) atoms. The molecule has 0 saturated heterocycles. The normalized spacial score (nSPS) is 9.23. The number of hydrogen-bond acceptors (Lipinski definition) is 3. The molecule has 0 unspecified atom stereocenters. The van der Waals surface area contributed by atoms with Gasteiger partial charge in [0.25, 0.3) is 0 Å². The standard InChI is InChI=1S/C9H10N2OS/c1-11(9(12)7-10)5-4-8-3-2-6-13-8/h2-3,6H,4-5H2,1H3. The lowest BCUT2D eigenvalue weighted by atomic mass is 10.3. The number of nitrogens with zero attached hydrogens (tertiary/aromatic N) is 2. The molecule has 1 aromatic rings. The maximum absolute atomic E-state index is 10.8. The minimum absolute atomic E-state index is 0.475. The molecule has 1 heterocycles. The van der Waals surface area contributed by atoms with Crippen LogP contribution >= 0.6 is 11.3 Å². The Morgan fingerprint density at radius 2 is 2.54 bits per heavy atom. The van der Waals surface area contributed by atoms with Crippen molar-refractivity contribution in [3.8, 4) is 6.07 Å². The van der Waals surface area contributed by atoms with Crippen molar-refractivity contribution in [1.29, 1.82) is 5.26 Å². The summed E-state index contributed by atoms with van der Waals surface area (Å²) in [5.74, 6) is -0.475. The van der Waals surface area contributed by atoms with E-state index in [0.29, 0.717) is 6.54 Å². The van der Waals surface area contributed by atoms with E-state index in [1.807, 2.05) is 17.5 Å². The van der Waals surface area contributed by atoms with E-state index in [4.69, 9.17) is 5.26 Å². The topological polar surface area (TPSA) is 44.1 Å². The maximum Gasteiger partial charge on any atom is 0.324 e. The summed E-state index contributed by atoms with van der Waals surface area (Å²) in [6, 6.07) is 5.59. The fourth-order valence-corrected chi connectivity index (χ4v) is 1.62. The number of carbonyl (C=O) groups is 1. The average molecular weight is 194 g/mol. The van der Waals surface area contributed by atoms with Crippen molar-refractivity contribution >= 4 is 17.2 Å². The van der Waals surface area contributed by atoms with Gasteiger partial charge in [0.15, 0.2) is 6.07 Å². The van der Waals surface area contributed by atoms with E-state index in [1.54, 1.807) is 24.5 Å². The van der Waals surface area contributed by atoms with Gasteiger partial charge in [-0.2, -0.15) is 5.26 Å². The zero-order valence-electron chi connectivity index (χ0n) is 7.36. The Morgan fingerprint density at radius 3 is 3.08 bits per heavy atom. The molecule has 0 aliphatic rings. The van der Waals surface area contributed by atoms with Crippen LogP contribution in [-0.4, -0.2) is 24.4 Å². The molecule has 0 aliphatic heterocycles. The second-order valence-electron chi connectivity index (χ2n) is 2.67. The molecule has 3 nitrogen and oxygen atoms in total. The maximum atomic E-state index is 10.8. The summed E-state index contributed by atoms with van der Waals surface area (Å²) in [5, 5.41) is 10.3. The van der Waals surface area contributed by atoms with Crippen LogP contribution in [0.5, 0.6) is 0 Å². The van der Waals surface area contributed by atoms with Crippen molar-refractivity contribution in [1.82, 2.24) is 4.90 Å². The molecule has 4 heteroatoms. The first-order valence-corrected chi connectivity index (χ1v) is 4.79. The summed E-state index contributed by atoms with van der Waals surface area (Å²) in [5.41, 5.74) is 0. The fraction of sp³-hybridized carbons (Fsp3) is 0.333. The number of amides is 1. The van der Waals surface area contributed by atoms with E-state index in [0.717, 1.165) is 6.42 Å². The smallest absolute Gasteiger partial charge is 0.324 e. The highest BCUT2D eigenvalue weighted by Gasteiger charge is 2.06. The van der Waals surface area contributed by atoms with Gasteiger partial charge in [-0.1, -0.05) is 6.07 Å². The summed E-state index contributed by atoms with van der Waals surface area (Å²) >= 11 is 1.66. The van der Waals surface area contributed by atoms with Gasteiger partial charge in [-0.3, -0.25) is 4.79 Å². The van der Waals surface area contributed by atoms with E-state index in [-0.39, 0.29) is 0 Å². The van der Waals surface area contributed by atoms with Gasteiger partial charge in [-0.25, -0.2) is 0 Å². The van der Waals surface area contributed by atoms with Crippen LogP contribution in [-0.2, 0) is 11.2 Å². The van der Waals surface area contributed by atoms with Gasteiger partial charge in [-0.15, -0.1) is 11.3 Å². The van der Waals surface area contributed by atoms with Gasteiger partial charge >= 0.3 is 5.91 Å². The van der Waals surface area contributed by atoms with E-state index < -0.39 is 5.91 Å². The molecular formula is C9H10N2OS. The van der Waals surface area contributed by atoms with Crippen molar-refractivity contribution < 1.29 is 4.79 Å². The number of hydrogen-bond donors (Lipinski definition) is 0. The highest BCUT2D eigenvalue weighted by molar-refractivity contribution is 7.09. The molecule has 68 valence electrons. The molecule has 0 spiro atoms. The van der Waals surface area contributed by atoms with Gasteiger partial charge in [0, 0.05) is 18.5 Å². The van der Waals surface area contributed by atoms with Gasteiger partial charge in [0.05, 0.1) is 0 Å². The Hall–Kier alpha value is -1.34. The third-order valence-electron chi connectivity index (χ3n) is 1.72. The first kappa shape index (κ1) is 9.75. The van der Waals surface area contributed by atoms with Crippen LogP contribution in [0.15, 0.2) is 17.5 Å². The minimum atomic E-state index is -0.475. The lowest BCUT2D eigenvalue weighted by molar-refractivity contribution is -0.124. The Morgan fingerprint density at radius 1 is 1.77 bits per heavy atom. The lowest BCUT2D eigenvalue weighted by Crippen LogP contribution is -2.27. The molecule has 1 rings (SSSR count). The highest BCUT2D eigenvalue weighted by Crippen LogP contribution is 2.09. The van der Waals surface area contributed by atoms with Crippen molar-refractivity contribution in [3.63, 3.8) is 0 Å². The third-order valence-corrected chi connectivity index (χ3v) is 2.65. The van der Waals surface area contributed by atoms with Crippen molar-refractivity contribution in [2.75, 3.05) is 13.6 Å². The Bertz CT molecular complexity index is 313. The van der Waals surface area contributed by atoms with Crippen LogP contribution in [0.2, 0.25) is 0 Å². The van der Waals surface area contributed by atoms with E-state index in [2.05, 4.69) is 0 Å². The fourth-order valence-electron chi connectivity index (χ4n) is 0.920. The average Bonchev–Trinajstić information content (AvgIpc) is 2.65. The van der Waals surface area contributed by atoms with Gasteiger partial charge in [0.2, 0.25) is 0 Å². The monoisotopic (exact) mass is 194 g/mol. The molecule has 1 amide bonds. The second-order valence-corrected chi connectivity index (χ2v) is 3.70. The quantitative estimate of drug-likeness (QED) is 0.680. The molecule has 0 aromatic carbocycles. The molecule has 0 N–H and O–H groups in total. The first-order chi connectivity index (χ1) is 6.24. The second kappa shape index (κ2) is 4.63. The molecular weight excluding hydrogens is 184 g/mol. The van der Waals surface area contributed by atoms with E-state index in [1.165, 1.54) is 9.78 Å². The number of nitriles is 1. The van der Waals surface area contributed by atoms with Crippen LogP contribution in [0.1, 0.15) is 4.88 Å². The van der Waals surface area contributed by atoms with Crippen molar-refractivity contribution in [3.05, 3.63) is 22.4 Å². The van der Waals surface area contributed by atoms with E-state index in [9.17, 15) is 4.79 Å². The highest BCUT2D eigenvalue weighted by atomic mass is 32.1. The number of carbonyl (C=O) groups excluding carboxylic acids is 1. The summed E-state index contributed by atoms with van der Waals surface area (Å²) < 4.78 is 0. The SMILES string of the molecule is CN(CCc1cccs1)C(=O)C#N. The van der Waals surface area contributed by atoms with Crippen molar-refractivity contribution in [2.24, 2.45) is 0 Å². The number of rotatable bonds is 3. The summed E-state index contributed by atoms with van der Waals surface area (Å²) in [7, 11) is 1.64. The lowest BCUT2D eigenvalue weighted by Gasteiger charge is -2.11. The predicted molar refractivity (Wildman–Crippen MR) is 51.3 cm³/mol. The molecule has 0 fully saturated rings. The van der Waals surface area contributed by atoms with Crippen LogP contribution < -0.4 is 0 Å². The van der Waals surface area contributed by atoms with E-state index >= 15 is 0 Å². The Kier molecular flexibility index (Phi) is 3.47. The summed E-state index contributed by atoms with van der Waals surface area (Å²) in [4.78, 5) is 13.5. The number of thiophene rings is 1. The largest absolute Gasteiger partial charge is 0.333 e. The molecule has 1 aromatic heterocycles. The van der Waals surface area contributed by atoms with Crippen LogP contribution in [0, 0.1) is 11.3 Å². The molecule has 0 bridgehead atoms. The summed E-state index contributed by atoms with van der Waals surface area (Å²) in [6.07, 6.45) is 0.821. The molecule has 0 atom stereocenters. The Labute approximate surface area is 81.2 Å². The number of likely N-dealkylation sites (N-methyl/N-ethyl adjacent to an activating group) is 1. The first-order valence-electron chi connectivity index (χ1n) is 3.91. The van der Waals surface area contributed by atoms with Gasteiger partial charge < -0.3 is 4.90 Å². The van der Waals surface area contributed by atoms with Crippen LogP contribution in [0.3, 0.4) is 0 Å². The van der Waals surface area contributed by atoms with Gasteiger partial charge in [0.1, 0.15) is 0 Å². The predicted octanol–water partition coefficient (Wildman–Crippen LogP) is 1.27. The molecule has 0 radical (unpaired) electrons. The zero-order chi connectivity index (χ0) is 9.68. The zero-order valence-corrected chi connectivity index (χ0v) is 8.17. The minimum Gasteiger partial charge on any atom is -0.333 e. The van der Waals surface area contributed by atoms with Gasteiger partial charge in [-0.05, 0) is 17.9 Å². The third kappa shape index (κ3) is 2.88.